The van der Waals surface area contributed by atoms with Crippen LogP contribution in [0.15, 0.2) is 0 Å². The zero-order chi connectivity index (χ0) is 14.0. The fourth-order valence-electron chi connectivity index (χ4n) is 2.17. The zero-order valence-electron chi connectivity index (χ0n) is 12.0. The number of unbranched alkanes of at least 4 members (excludes halogenated alkanes) is 1. The summed E-state index contributed by atoms with van der Waals surface area (Å²) in [6, 6.07) is 0. The number of hydrogen-bond acceptors (Lipinski definition) is 4. The van der Waals surface area contributed by atoms with Crippen molar-refractivity contribution in [3.05, 3.63) is 0 Å². The number of sulfonamides is 1. The van der Waals surface area contributed by atoms with Gasteiger partial charge in [-0.2, -0.15) is 0 Å². The molecule has 1 saturated heterocycles. The molecule has 1 aliphatic rings. The van der Waals surface area contributed by atoms with Crippen LogP contribution in [0.2, 0.25) is 0 Å². The van der Waals surface area contributed by atoms with Crippen molar-refractivity contribution in [1.82, 2.24) is 10.0 Å². The molecule has 0 radical (unpaired) electrons. The van der Waals surface area contributed by atoms with Gasteiger partial charge >= 0.3 is 0 Å². The molecule has 0 aromatic heterocycles. The van der Waals surface area contributed by atoms with Crippen LogP contribution in [0.1, 0.15) is 39.0 Å². The number of rotatable bonds is 10. The Morgan fingerprint density at radius 1 is 1.21 bits per heavy atom. The summed E-state index contributed by atoms with van der Waals surface area (Å²) < 4.78 is 31.8. The fraction of sp³-hybridized carbons (Fsp3) is 1.00. The maximum Gasteiger partial charge on any atom is 0.211 e. The standard InChI is InChI=1S/C13H28N2O3S/c1-2-3-10-18-11-4-7-15-19(16,17)12-13-5-8-14-9-6-13/h13-15H,2-12H2,1H3. The van der Waals surface area contributed by atoms with E-state index in [1.165, 1.54) is 0 Å². The summed E-state index contributed by atoms with van der Waals surface area (Å²) >= 11 is 0. The summed E-state index contributed by atoms with van der Waals surface area (Å²) in [7, 11) is -3.11. The van der Waals surface area contributed by atoms with Gasteiger partial charge in [0.1, 0.15) is 0 Å². The van der Waals surface area contributed by atoms with Crippen molar-refractivity contribution in [2.75, 3.05) is 38.6 Å². The largest absolute Gasteiger partial charge is 0.381 e. The summed E-state index contributed by atoms with van der Waals surface area (Å²) in [4.78, 5) is 0. The van der Waals surface area contributed by atoms with Crippen molar-refractivity contribution in [3.8, 4) is 0 Å². The highest BCUT2D eigenvalue weighted by molar-refractivity contribution is 7.89. The summed E-state index contributed by atoms with van der Waals surface area (Å²) in [6.45, 7) is 5.89. The van der Waals surface area contributed by atoms with Gasteiger partial charge in [0, 0.05) is 19.8 Å². The van der Waals surface area contributed by atoms with E-state index in [0.29, 0.717) is 19.1 Å². The molecule has 0 aromatic carbocycles. The van der Waals surface area contributed by atoms with E-state index in [1.807, 2.05) is 0 Å². The number of nitrogens with one attached hydrogen (secondary N) is 2. The lowest BCUT2D eigenvalue weighted by Gasteiger charge is -2.22. The molecule has 2 N–H and O–H groups in total. The first-order chi connectivity index (χ1) is 9.14. The predicted molar refractivity (Wildman–Crippen MR) is 77.7 cm³/mol. The molecule has 0 unspecified atom stereocenters. The van der Waals surface area contributed by atoms with Gasteiger partial charge in [0.2, 0.25) is 10.0 Å². The van der Waals surface area contributed by atoms with Crippen LogP contribution in [0.3, 0.4) is 0 Å². The van der Waals surface area contributed by atoms with E-state index in [2.05, 4.69) is 17.0 Å². The SMILES string of the molecule is CCCCOCCCNS(=O)(=O)CC1CCNCC1. The quantitative estimate of drug-likeness (QED) is 0.592. The van der Waals surface area contributed by atoms with Crippen LogP contribution in [0, 0.1) is 5.92 Å². The highest BCUT2D eigenvalue weighted by atomic mass is 32.2. The normalized spacial score (nSPS) is 17.7. The van der Waals surface area contributed by atoms with Crippen molar-refractivity contribution in [2.24, 2.45) is 5.92 Å². The molecule has 114 valence electrons. The van der Waals surface area contributed by atoms with E-state index < -0.39 is 10.0 Å². The Morgan fingerprint density at radius 2 is 1.89 bits per heavy atom. The molecule has 1 fully saturated rings. The Balaban J connectivity index is 2.06. The fourth-order valence-corrected chi connectivity index (χ4v) is 3.70. The van der Waals surface area contributed by atoms with Gasteiger partial charge in [0.15, 0.2) is 0 Å². The molecule has 0 amide bonds. The molecule has 19 heavy (non-hydrogen) atoms. The van der Waals surface area contributed by atoms with Crippen molar-refractivity contribution in [1.29, 1.82) is 0 Å². The Labute approximate surface area is 117 Å². The first-order valence-electron chi connectivity index (χ1n) is 7.40. The van der Waals surface area contributed by atoms with E-state index in [0.717, 1.165) is 51.8 Å². The first-order valence-corrected chi connectivity index (χ1v) is 9.05. The van der Waals surface area contributed by atoms with Crippen LogP contribution in [-0.2, 0) is 14.8 Å². The lowest BCUT2D eigenvalue weighted by molar-refractivity contribution is 0.130. The third-order valence-corrected chi connectivity index (χ3v) is 4.90. The van der Waals surface area contributed by atoms with E-state index >= 15 is 0 Å². The Morgan fingerprint density at radius 3 is 2.58 bits per heavy atom. The maximum absolute atomic E-state index is 11.9. The molecule has 0 bridgehead atoms. The van der Waals surface area contributed by atoms with Gasteiger partial charge in [-0.25, -0.2) is 13.1 Å². The number of hydrogen-bond donors (Lipinski definition) is 2. The lowest BCUT2D eigenvalue weighted by atomic mass is 10.0. The van der Waals surface area contributed by atoms with Crippen molar-refractivity contribution >= 4 is 10.0 Å². The van der Waals surface area contributed by atoms with Gasteiger partial charge in [-0.3, -0.25) is 0 Å². The van der Waals surface area contributed by atoms with E-state index in [-0.39, 0.29) is 5.75 Å². The van der Waals surface area contributed by atoms with Gasteiger partial charge in [0.25, 0.3) is 0 Å². The van der Waals surface area contributed by atoms with Crippen molar-refractivity contribution < 1.29 is 13.2 Å². The smallest absolute Gasteiger partial charge is 0.211 e. The van der Waals surface area contributed by atoms with Gasteiger partial charge < -0.3 is 10.1 Å². The highest BCUT2D eigenvalue weighted by Crippen LogP contribution is 2.13. The molecule has 1 heterocycles. The second-order valence-corrected chi connectivity index (χ2v) is 7.04. The number of piperidine rings is 1. The minimum Gasteiger partial charge on any atom is -0.381 e. The van der Waals surface area contributed by atoms with E-state index in [4.69, 9.17) is 4.74 Å². The monoisotopic (exact) mass is 292 g/mol. The van der Waals surface area contributed by atoms with Crippen molar-refractivity contribution in [3.63, 3.8) is 0 Å². The molecule has 1 aliphatic heterocycles. The molecule has 0 atom stereocenters. The molecule has 1 rings (SSSR count). The van der Waals surface area contributed by atoms with Crippen LogP contribution >= 0.6 is 0 Å². The van der Waals surface area contributed by atoms with E-state index in [9.17, 15) is 8.42 Å². The third kappa shape index (κ3) is 8.57. The minimum atomic E-state index is -3.11. The summed E-state index contributed by atoms with van der Waals surface area (Å²) in [5, 5.41) is 3.25. The summed E-state index contributed by atoms with van der Waals surface area (Å²) in [5.74, 6) is 0.574. The molecule has 0 aromatic rings. The highest BCUT2D eigenvalue weighted by Gasteiger charge is 2.20. The van der Waals surface area contributed by atoms with Gasteiger partial charge in [-0.1, -0.05) is 13.3 Å². The Bertz CT molecular complexity index is 314. The Kier molecular flexibility index (Phi) is 8.61. The molecule has 0 aliphatic carbocycles. The second-order valence-electron chi connectivity index (χ2n) is 5.19. The van der Waals surface area contributed by atoms with Gasteiger partial charge in [0.05, 0.1) is 5.75 Å². The average molecular weight is 292 g/mol. The summed E-state index contributed by atoms with van der Waals surface area (Å²) in [6.07, 6.45) is 4.86. The lowest BCUT2D eigenvalue weighted by Crippen LogP contribution is -2.36. The minimum absolute atomic E-state index is 0.269. The van der Waals surface area contributed by atoms with Crippen LogP contribution in [0.5, 0.6) is 0 Å². The van der Waals surface area contributed by atoms with Crippen LogP contribution in [-0.4, -0.2) is 47.0 Å². The van der Waals surface area contributed by atoms with Gasteiger partial charge in [-0.15, -0.1) is 0 Å². The molecule has 0 saturated carbocycles. The first kappa shape index (κ1) is 16.9. The van der Waals surface area contributed by atoms with Crippen LogP contribution < -0.4 is 10.0 Å². The predicted octanol–water partition coefficient (Wildman–Crippen LogP) is 1.11. The topological polar surface area (TPSA) is 67.4 Å². The average Bonchev–Trinajstić information content (AvgIpc) is 2.38. The molecule has 6 heteroatoms. The van der Waals surface area contributed by atoms with Crippen LogP contribution in [0.4, 0.5) is 0 Å². The van der Waals surface area contributed by atoms with E-state index in [1.54, 1.807) is 0 Å². The van der Waals surface area contributed by atoms with Crippen LogP contribution in [0.25, 0.3) is 0 Å². The number of ether oxygens (including phenoxy) is 1. The molecular weight excluding hydrogens is 264 g/mol. The van der Waals surface area contributed by atoms with Crippen molar-refractivity contribution in [2.45, 2.75) is 39.0 Å². The molecule has 0 spiro atoms. The maximum atomic E-state index is 11.9. The molecular formula is C13H28N2O3S. The summed E-state index contributed by atoms with van der Waals surface area (Å²) in [5.41, 5.74) is 0. The zero-order valence-corrected chi connectivity index (χ0v) is 12.8. The Hall–Kier alpha value is -0.170. The second kappa shape index (κ2) is 9.69. The van der Waals surface area contributed by atoms with Gasteiger partial charge in [-0.05, 0) is 44.7 Å². The third-order valence-electron chi connectivity index (χ3n) is 3.34. The molecule has 5 nitrogen and oxygen atoms in total.